The molecule has 8 rings (SSSR count). The van der Waals surface area contributed by atoms with Gasteiger partial charge in [-0.3, -0.25) is 9.69 Å². The standard InChI is InChI=1S/C46H51ClN6O6S/c1-46(2)17-13-35(40(28-46)32-5-8-36(47)9-6-32)30-52-19-21-53(22-20-52)37-10-12-39(43(26-37)59-44-25-34-14-18-48-42(34)29-49-44)45(54)51-60(56,57)38-11-7-33(41(27-38)50-55)4-3-31-15-23-58-24-16-31/h5-12,14,18,25-27,29,31,48H,3-4,13,15-17,19-24,28,30H2,1-2H3,(H,51,54)/p+1. The lowest BCUT2D eigenvalue weighted by Crippen LogP contribution is -2.56. The van der Waals surface area contributed by atoms with E-state index in [4.69, 9.17) is 21.1 Å². The van der Waals surface area contributed by atoms with Crippen LogP contribution in [-0.2, 0) is 21.2 Å². The molecule has 0 bridgehead atoms. The highest BCUT2D eigenvalue weighted by atomic mass is 35.5. The van der Waals surface area contributed by atoms with Gasteiger partial charge in [-0.1, -0.05) is 49.2 Å². The van der Waals surface area contributed by atoms with Gasteiger partial charge >= 0.3 is 0 Å². The van der Waals surface area contributed by atoms with Crippen molar-refractivity contribution in [2.24, 2.45) is 11.3 Å². The van der Waals surface area contributed by atoms with Crippen LogP contribution in [0.25, 0.3) is 16.5 Å². The van der Waals surface area contributed by atoms with Crippen molar-refractivity contribution < 1.29 is 27.9 Å². The van der Waals surface area contributed by atoms with Crippen LogP contribution in [0, 0.1) is 16.2 Å². The number of allylic oxidation sites excluding steroid dienone is 1. The summed E-state index contributed by atoms with van der Waals surface area (Å²) in [6, 6.07) is 21.4. The van der Waals surface area contributed by atoms with Crippen LogP contribution in [0.5, 0.6) is 11.6 Å². The number of hydrogen-bond acceptors (Lipinski definition) is 9. The number of anilines is 1. The minimum absolute atomic E-state index is 0.0223. The first-order valence-electron chi connectivity index (χ1n) is 20.8. The molecule has 14 heteroatoms. The van der Waals surface area contributed by atoms with E-state index in [1.807, 2.05) is 29.4 Å². The van der Waals surface area contributed by atoms with E-state index in [9.17, 15) is 18.1 Å². The third-order valence-electron chi connectivity index (χ3n) is 12.3. The fraction of sp³-hybridized carbons (Fsp3) is 0.391. The molecule has 60 heavy (non-hydrogen) atoms. The van der Waals surface area contributed by atoms with E-state index in [1.54, 1.807) is 36.7 Å². The van der Waals surface area contributed by atoms with Crippen LogP contribution in [0.3, 0.4) is 0 Å². The smallest absolute Gasteiger partial charge is 0.268 e. The molecule has 4 heterocycles. The summed E-state index contributed by atoms with van der Waals surface area (Å²) in [6.45, 7) is 10.2. The molecular formula is C46H52ClN6O6S+. The van der Waals surface area contributed by atoms with Crippen LogP contribution in [0.2, 0.25) is 5.02 Å². The molecule has 0 spiro atoms. The highest BCUT2D eigenvalue weighted by Gasteiger charge is 2.30. The van der Waals surface area contributed by atoms with Crippen LogP contribution in [0.4, 0.5) is 11.4 Å². The van der Waals surface area contributed by atoms with Gasteiger partial charge in [-0.15, -0.1) is 0 Å². The predicted molar refractivity (Wildman–Crippen MR) is 234 cm³/mol. The number of sulfonamides is 1. The zero-order valence-corrected chi connectivity index (χ0v) is 35.7. The number of aromatic amines is 1. The van der Waals surface area contributed by atoms with Crippen molar-refractivity contribution in [3.8, 4) is 11.6 Å². The molecule has 2 fully saturated rings. The second-order valence-electron chi connectivity index (χ2n) is 17.0. The fourth-order valence-electron chi connectivity index (χ4n) is 8.64. The molecule has 3 aliphatic rings. The van der Waals surface area contributed by atoms with Gasteiger partial charge in [0.25, 0.3) is 21.6 Å². The van der Waals surface area contributed by atoms with Gasteiger partial charge in [-0.25, -0.2) is 18.1 Å². The van der Waals surface area contributed by atoms with E-state index < -0.39 is 15.9 Å². The molecule has 1 aliphatic carbocycles. The van der Waals surface area contributed by atoms with Gasteiger partial charge in [0.1, 0.15) is 5.75 Å². The van der Waals surface area contributed by atoms with Crippen LogP contribution in [0.1, 0.15) is 73.9 Å². The molecule has 2 aliphatic heterocycles. The zero-order valence-electron chi connectivity index (χ0n) is 34.1. The second-order valence-corrected chi connectivity index (χ2v) is 19.1. The predicted octanol–water partition coefficient (Wildman–Crippen LogP) is 7.75. The molecule has 0 atom stereocenters. The van der Waals surface area contributed by atoms with Gasteiger partial charge in [0.05, 0.1) is 22.2 Å². The Bertz CT molecular complexity index is 2510. The molecule has 0 radical (unpaired) electrons. The summed E-state index contributed by atoms with van der Waals surface area (Å²) < 4.78 is 41.3. The Morgan fingerprint density at radius 1 is 1.02 bits per heavy atom. The quantitative estimate of drug-likeness (QED) is 0.108. The Kier molecular flexibility index (Phi) is 12.4. The number of nitroso groups, excluding NO2 is 1. The number of nitrogens with one attached hydrogen (secondary N) is 3. The van der Waals surface area contributed by atoms with Crippen molar-refractivity contribution in [3.63, 3.8) is 0 Å². The first-order valence-corrected chi connectivity index (χ1v) is 22.6. The Labute approximate surface area is 356 Å². The van der Waals surface area contributed by atoms with Gasteiger partial charge in [0.2, 0.25) is 5.88 Å². The number of aryl methyl sites for hydroxylation is 1. The van der Waals surface area contributed by atoms with Gasteiger partial charge in [-0.05, 0) is 104 Å². The molecule has 2 aromatic heterocycles. The molecule has 3 aromatic carbocycles. The number of benzene rings is 3. The highest BCUT2D eigenvalue weighted by molar-refractivity contribution is 7.90. The average Bonchev–Trinajstić information content (AvgIpc) is 3.72. The Balaban J connectivity index is 0.995. The van der Waals surface area contributed by atoms with Crippen LogP contribution in [0.15, 0.2) is 95.7 Å². The third-order valence-corrected chi connectivity index (χ3v) is 13.8. The number of ether oxygens (including phenoxy) is 2. The maximum absolute atomic E-state index is 13.9. The first-order chi connectivity index (χ1) is 28.9. The first kappa shape index (κ1) is 41.6. The van der Waals surface area contributed by atoms with Crippen molar-refractivity contribution in [1.29, 1.82) is 0 Å². The molecule has 0 unspecified atom stereocenters. The molecule has 12 nitrogen and oxygen atoms in total. The number of rotatable bonds is 13. The number of fused-ring (bicyclic) bond motifs is 1. The second kappa shape index (κ2) is 17.9. The molecule has 3 N–H and O–H groups in total. The van der Waals surface area contributed by atoms with Gasteiger partial charge in [0, 0.05) is 102 Å². The monoisotopic (exact) mass is 851 g/mol. The van der Waals surface area contributed by atoms with Crippen molar-refractivity contribution in [2.75, 3.05) is 50.8 Å². The zero-order chi connectivity index (χ0) is 41.9. The van der Waals surface area contributed by atoms with E-state index in [0.717, 1.165) is 112 Å². The number of halogens is 1. The molecule has 5 aromatic rings. The summed E-state index contributed by atoms with van der Waals surface area (Å²) in [6.07, 6.45) is 10.1. The summed E-state index contributed by atoms with van der Waals surface area (Å²) in [5.74, 6) is 0.0343. The van der Waals surface area contributed by atoms with Crippen LogP contribution in [-0.4, -0.2) is 75.1 Å². The summed E-state index contributed by atoms with van der Waals surface area (Å²) in [4.78, 5) is 38.0. The number of amides is 1. The van der Waals surface area contributed by atoms with Crippen molar-refractivity contribution in [3.05, 3.63) is 117 Å². The molecule has 2 saturated heterocycles. The topological polar surface area (TPSA) is 148 Å². The molecular weight excluding hydrogens is 800 g/mol. The highest BCUT2D eigenvalue weighted by Crippen LogP contribution is 2.43. The van der Waals surface area contributed by atoms with Crippen molar-refractivity contribution in [1.82, 2.24) is 19.6 Å². The number of aromatic nitrogens is 2. The summed E-state index contributed by atoms with van der Waals surface area (Å²) in [7, 11) is -4.38. The maximum atomic E-state index is 13.9. The Morgan fingerprint density at radius 2 is 1.80 bits per heavy atom. The number of hydrogen-bond donors (Lipinski definition) is 3. The number of nitrogens with zero attached hydrogens (tertiary/aromatic N) is 3. The Morgan fingerprint density at radius 3 is 2.57 bits per heavy atom. The van der Waals surface area contributed by atoms with Gasteiger partial charge < -0.3 is 19.4 Å². The fourth-order valence-corrected chi connectivity index (χ4v) is 9.76. The summed E-state index contributed by atoms with van der Waals surface area (Å²) >= 11 is 6.24. The Hall–Kier alpha value is -5.08. The molecule has 314 valence electrons. The van der Waals surface area contributed by atoms with Crippen molar-refractivity contribution in [2.45, 2.75) is 63.7 Å². The number of pyridine rings is 1. The SMILES string of the molecule is CC1(C)CCC(CN2CCN(c3ccc(C(=O)NS(=O)(=O)c4ccc(CCC5CCOCC5)c([NH+]=O)c4)c(Oc4cc5cc[nH]c5cn4)c3)CC2)=C(c2ccc(Cl)cc2)C1. The molecule has 1 amide bonds. The maximum Gasteiger partial charge on any atom is 0.268 e. The van der Waals surface area contributed by atoms with Gasteiger partial charge in [-0.2, -0.15) is 0 Å². The number of carbonyl (C=O) groups excluding carboxylic acids is 1. The number of H-pyrrole nitrogens is 1. The van der Waals surface area contributed by atoms with Crippen molar-refractivity contribution >= 4 is 55.4 Å². The van der Waals surface area contributed by atoms with E-state index in [-0.39, 0.29) is 33.2 Å². The third kappa shape index (κ3) is 9.76. The normalized spacial score (nSPS) is 17.8. The minimum atomic E-state index is -4.38. The molecule has 0 saturated carbocycles. The lowest BCUT2D eigenvalue weighted by molar-refractivity contribution is -0.380. The lowest BCUT2D eigenvalue weighted by atomic mass is 9.72. The van der Waals surface area contributed by atoms with Crippen LogP contribution < -0.4 is 19.5 Å². The van der Waals surface area contributed by atoms with E-state index >= 15 is 0 Å². The van der Waals surface area contributed by atoms with E-state index in [1.165, 1.54) is 28.8 Å². The summed E-state index contributed by atoms with van der Waals surface area (Å²) in [5.41, 5.74) is 6.97. The van der Waals surface area contributed by atoms with E-state index in [2.05, 4.69) is 50.5 Å². The average molecular weight is 852 g/mol. The van der Waals surface area contributed by atoms with E-state index in [0.29, 0.717) is 12.3 Å². The lowest BCUT2D eigenvalue weighted by Gasteiger charge is -2.39. The number of piperazine rings is 1. The van der Waals surface area contributed by atoms with Gasteiger partial charge in [0.15, 0.2) is 0 Å². The minimum Gasteiger partial charge on any atom is -0.438 e. The number of carbonyl (C=O) groups is 1. The summed E-state index contributed by atoms with van der Waals surface area (Å²) in [5, 5.41) is 3.52. The van der Waals surface area contributed by atoms with Crippen LogP contribution >= 0.6 is 11.6 Å². The largest absolute Gasteiger partial charge is 0.438 e.